The summed E-state index contributed by atoms with van der Waals surface area (Å²) in [5.41, 5.74) is 1.16. The smallest absolute Gasteiger partial charge is 0.191 e. The summed E-state index contributed by atoms with van der Waals surface area (Å²) in [6, 6.07) is 10.3. The maximum atomic E-state index is 4.61. The Labute approximate surface area is 171 Å². The Balaban J connectivity index is 0.00000312. The van der Waals surface area contributed by atoms with Gasteiger partial charge in [0.2, 0.25) is 0 Å². The van der Waals surface area contributed by atoms with E-state index in [0.717, 1.165) is 49.1 Å². The van der Waals surface area contributed by atoms with E-state index in [2.05, 4.69) is 51.9 Å². The molecule has 0 bridgehead atoms. The lowest BCUT2D eigenvalue weighted by Crippen LogP contribution is -2.38. The van der Waals surface area contributed by atoms with Crippen molar-refractivity contribution in [3.8, 4) is 0 Å². The fraction of sp³-hybridized carbons (Fsp3) is 0.444. The molecule has 0 saturated carbocycles. The molecular formula is C18H28IN5S. The fourth-order valence-electron chi connectivity index (χ4n) is 2.16. The van der Waals surface area contributed by atoms with Crippen molar-refractivity contribution in [1.82, 2.24) is 15.6 Å². The molecule has 0 saturated heterocycles. The standard InChI is InChI=1S/C18H27N5S.HI/c1-3-16-13-22-17(24-16)14-23-18(19-4-2)21-12-8-11-20-15-9-6-5-7-10-15;/h5-7,9-10,13,20H,3-4,8,11-12,14H2,1-2H3,(H2,19,21,23);1H. The molecule has 0 fully saturated rings. The van der Waals surface area contributed by atoms with Gasteiger partial charge in [0.1, 0.15) is 5.01 Å². The number of guanidine groups is 1. The van der Waals surface area contributed by atoms with E-state index < -0.39 is 0 Å². The summed E-state index contributed by atoms with van der Waals surface area (Å²) in [6.07, 6.45) is 4.01. The van der Waals surface area contributed by atoms with Crippen molar-refractivity contribution in [1.29, 1.82) is 0 Å². The van der Waals surface area contributed by atoms with E-state index in [-0.39, 0.29) is 24.0 Å². The Morgan fingerprint density at radius 2 is 1.92 bits per heavy atom. The molecule has 25 heavy (non-hydrogen) atoms. The van der Waals surface area contributed by atoms with Crippen LogP contribution in [-0.4, -0.2) is 30.6 Å². The van der Waals surface area contributed by atoms with E-state index >= 15 is 0 Å². The number of anilines is 1. The van der Waals surface area contributed by atoms with E-state index in [1.54, 1.807) is 11.3 Å². The van der Waals surface area contributed by atoms with Gasteiger partial charge in [-0.2, -0.15) is 0 Å². The number of para-hydroxylation sites is 1. The minimum absolute atomic E-state index is 0. The molecule has 1 aromatic heterocycles. The van der Waals surface area contributed by atoms with Gasteiger partial charge in [0.05, 0.1) is 6.54 Å². The second kappa shape index (κ2) is 12.9. The largest absolute Gasteiger partial charge is 0.385 e. The number of aromatic nitrogens is 1. The van der Waals surface area contributed by atoms with Crippen molar-refractivity contribution in [3.63, 3.8) is 0 Å². The molecule has 0 unspecified atom stereocenters. The van der Waals surface area contributed by atoms with Crippen molar-refractivity contribution in [3.05, 3.63) is 46.4 Å². The predicted octanol–water partition coefficient (Wildman–Crippen LogP) is 3.88. The van der Waals surface area contributed by atoms with Crippen LogP contribution in [0, 0.1) is 0 Å². The molecular weight excluding hydrogens is 445 g/mol. The molecule has 0 spiro atoms. The summed E-state index contributed by atoms with van der Waals surface area (Å²) in [4.78, 5) is 10.3. The van der Waals surface area contributed by atoms with Crippen molar-refractivity contribution >= 4 is 47.0 Å². The lowest BCUT2D eigenvalue weighted by Gasteiger charge is -2.11. The van der Waals surface area contributed by atoms with Crippen molar-refractivity contribution in [2.75, 3.05) is 25.0 Å². The number of hydrogen-bond donors (Lipinski definition) is 3. The van der Waals surface area contributed by atoms with Gasteiger partial charge in [0.15, 0.2) is 5.96 Å². The van der Waals surface area contributed by atoms with Crippen LogP contribution in [0.1, 0.15) is 30.2 Å². The Bertz CT molecular complexity index is 615. The molecule has 0 aliphatic heterocycles. The van der Waals surface area contributed by atoms with Crippen LogP contribution in [0.5, 0.6) is 0 Å². The average Bonchev–Trinajstić information content (AvgIpc) is 3.08. The van der Waals surface area contributed by atoms with E-state index in [1.807, 2.05) is 24.4 Å². The van der Waals surface area contributed by atoms with Crippen LogP contribution in [0.2, 0.25) is 0 Å². The van der Waals surface area contributed by atoms with E-state index in [4.69, 9.17) is 0 Å². The number of hydrogen-bond acceptors (Lipinski definition) is 4. The number of nitrogens with zero attached hydrogens (tertiary/aromatic N) is 2. The van der Waals surface area contributed by atoms with Gasteiger partial charge >= 0.3 is 0 Å². The Morgan fingerprint density at radius 1 is 1.12 bits per heavy atom. The third-order valence-electron chi connectivity index (χ3n) is 3.42. The molecule has 0 amide bonds. The van der Waals surface area contributed by atoms with E-state index in [1.165, 1.54) is 4.88 Å². The summed E-state index contributed by atoms with van der Waals surface area (Å²) in [6.45, 7) is 7.52. The highest BCUT2D eigenvalue weighted by molar-refractivity contribution is 14.0. The molecule has 3 N–H and O–H groups in total. The fourth-order valence-corrected chi connectivity index (χ4v) is 2.94. The zero-order valence-corrected chi connectivity index (χ0v) is 18.1. The van der Waals surface area contributed by atoms with Crippen LogP contribution < -0.4 is 16.0 Å². The first-order valence-corrected chi connectivity index (χ1v) is 9.38. The highest BCUT2D eigenvalue weighted by Gasteiger charge is 2.01. The number of benzene rings is 1. The van der Waals surface area contributed by atoms with Gasteiger partial charge in [-0.3, -0.25) is 0 Å². The average molecular weight is 473 g/mol. The quantitative estimate of drug-likeness (QED) is 0.224. The van der Waals surface area contributed by atoms with Crippen LogP contribution in [0.15, 0.2) is 41.5 Å². The molecule has 2 aromatic rings. The van der Waals surface area contributed by atoms with Gasteiger partial charge in [0.25, 0.3) is 0 Å². The lowest BCUT2D eigenvalue weighted by atomic mass is 10.3. The van der Waals surface area contributed by atoms with Crippen molar-refractivity contribution in [2.24, 2.45) is 4.99 Å². The Morgan fingerprint density at radius 3 is 2.60 bits per heavy atom. The van der Waals surface area contributed by atoms with Crippen LogP contribution in [0.4, 0.5) is 5.69 Å². The maximum absolute atomic E-state index is 4.61. The number of thiazole rings is 1. The minimum atomic E-state index is 0. The van der Waals surface area contributed by atoms with Crippen LogP contribution >= 0.6 is 35.3 Å². The number of aryl methyl sites for hydroxylation is 1. The first-order chi connectivity index (χ1) is 11.8. The molecule has 0 radical (unpaired) electrons. The Hall–Kier alpha value is -1.35. The summed E-state index contributed by atoms with van der Waals surface area (Å²) in [7, 11) is 0. The van der Waals surface area contributed by atoms with Crippen LogP contribution in [0.25, 0.3) is 0 Å². The van der Waals surface area contributed by atoms with Gasteiger partial charge in [0, 0.05) is 36.4 Å². The molecule has 0 atom stereocenters. The number of aliphatic imine (C=N–C) groups is 1. The maximum Gasteiger partial charge on any atom is 0.191 e. The SMILES string of the molecule is CCNC(=NCc1ncc(CC)s1)NCCCNc1ccccc1.I. The number of nitrogens with one attached hydrogen (secondary N) is 3. The molecule has 0 aliphatic carbocycles. The minimum Gasteiger partial charge on any atom is -0.385 e. The second-order valence-electron chi connectivity index (χ2n) is 5.34. The molecule has 2 rings (SSSR count). The monoisotopic (exact) mass is 473 g/mol. The third-order valence-corrected chi connectivity index (χ3v) is 4.54. The summed E-state index contributed by atoms with van der Waals surface area (Å²) in [5, 5.41) is 11.1. The predicted molar refractivity (Wildman–Crippen MR) is 119 cm³/mol. The van der Waals surface area contributed by atoms with Gasteiger partial charge in [-0.05, 0) is 31.9 Å². The number of halogens is 1. The van der Waals surface area contributed by atoms with Gasteiger partial charge in [-0.1, -0.05) is 25.1 Å². The van der Waals surface area contributed by atoms with E-state index in [9.17, 15) is 0 Å². The number of rotatable bonds is 9. The van der Waals surface area contributed by atoms with Gasteiger partial charge < -0.3 is 16.0 Å². The van der Waals surface area contributed by atoms with Crippen LogP contribution in [-0.2, 0) is 13.0 Å². The van der Waals surface area contributed by atoms with Crippen molar-refractivity contribution in [2.45, 2.75) is 33.2 Å². The molecule has 5 nitrogen and oxygen atoms in total. The van der Waals surface area contributed by atoms with Crippen LogP contribution in [0.3, 0.4) is 0 Å². The molecule has 1 aromatic carbocycles. The highest BCUT2D eigenvalue weighted by atomic mass is 127. The zero-order valence-electron chi connectivity index (χ0n) is 14.9. The Kier molecular flexibility index (Phi) is 11.2. The second-order valence-corrected chi connectivity index (χ2v) is 6.54. The normalized spacial score (nSPS) is 10.9. The summed E-state index contributed by atoms with van der Waals surface area (Å²) in [5.74, 6) is 0.852. The van der Waals surface area contributed by atoms with Crippen molar-refractivity contribution < 1.29 is 0 Å². The van der Waals surface area contributed by atoms with Gasteiger partial charge in [-0.25, -0.2) is 9.98 Å². The topological polar surface area (TPSA) is 61.3 Å². The van der Waals surface area contributed by atoms with Gasteiger partial charge in [-0.15, -0.1) is 35.3 Å². The van der Waals surface area contributed by atoms with E-state index in [0.29, 0.717) is 6.54 Å². The molecule has 138 valence electrons. The third kappa shape index (κ3) is 8.53. The lowest BCUT2D eigenvalue weighted by molar-refractivity contribution is 0.764. The molecule has 1 heterocycles. The molecule has 7 heteroatoms. The highest BCUT2D eigenvalue weighted by Crippen LogP contribution is 2.13. The first kappa shape index (κ1) is 21.7. The molecule has 0 aliphatic rings. The summed E-state index contributed by atoms with van der Waals surface area (Å²) < 4.78 is 0. The first-order valence-electron chi connectivity index (χ1n) is 8.56. The zero-order chi connectivity index (χ0) is 17.0. The summed E-state index contributed by atoms with van der Waals surface area (Å²) >= 11 is 1.74.